The molecule has 20 heavy (non-hydrogen) atoms. The van der Waals surface area contributed by atoms with Crippen LogP contribution in [0.4, 0.5) is 0 Å². The molecule has 0 aromatic carbocycles. The first-order chi connectivity index (χ1) is 9.91. The number of hydrogen-bond donors (Lipinski definition) is 0. The van der Waals surface area contributed by atoms with E-state index in [2.05, 4.69) is 38.2 Å². The molecule has 0 atom stereocenters. The maximum atomic E-state index is 2.40. The Morgan fingerprint density at radius 1 is 0.450 bits per heavy atom. The average molecular weight is 279 g/mol. The Morgan fingerprint density at radius 2 is 0.850 bits per heavy atom. The van der Waals surface area contributed by atoms with E-state index in [1.807, 2.05) is 0 Å². The Balaban J connectivity index is 3.04. The first kappa shape index (κ1) is 19.5. The van der Waals surface area contributed by atoms with Gasteiger partial charge in [-0.3, -0.25) is 0 Å². The van der Waals surface area contributed by atoms with Crippen molar-refractivity contribution in [3.63, 3.8) is 0 Å². The van der Waals surface area contributed by atoms with Gasteiger partial charge in [-0.15, -0.1) is 0 Å². The Hall–Kier alpha value is -0.520. The minimum absolute atomic E-state index is 1.19. The molecule has 0 aromatic rings. The number of unbranched alkanes of at least 4 members (excludes halogenated alkanes) is 11. The second-order valence-corrected chi connectivity index (χ2v) is 5.90. The Bertz CT molecular complexity index is 212. The molecule has 0 bridgehead atoms. The van der Waals surface area contributed by atoms with Gasteiger partial charge in [-0.1, -0.05) is 83.1 Å². The Morgan fingerprint density at radius 3 is 1.30 bits per heavy atom. The van der Waals surface area contributed by atoms with Gasteiger partial charge >= 0.3 is 0 Å². The molecular formula is C20H38. The fourth-order valence-corrected chi connectivity index (χ4v) is 2.44. The smallest absolute Gasteiger partial charge is 0.0351 e. The maximum absolute atomic E-state index is 2.40. The lowest BCUT2D eigenvalue weighted by Crippen LogP contribution is -1.80. The minimum atomic E-state index is 1.19. The molecule has 0 unspecified atom stereocenters. The zero-order valence-corrected chi connectivity index (χ0v) is 14.2. The summed E-state index contributed by atoms with van der Waals surface area (Å²) in [5.74, 6) is 0. The molecule has 0 radical (unpaired) electrons. The summed E-state index contributed by atoms with van der Waals surface area (Å²) in [6, 6.07) is 0. The fourth-order valence-electron chi connectivity index (χ4n) is 2.44. The summed E-state index contributed by atoms with van der Waals surface area (Å²) in [7, 11) is 0. The normalized spacial score (nSPS) is 11.9. The maximum Gasteiger partial charge on any atom is -0.0351 e. The molecule has 0 aliphatic rings. The van der Waals surface area contributed by atoms with Crippen LogP contribution in [-0.4, -0.2) is 0 Å². The van der Waals surface area contributed by atoms with Crippen molar-refractivity contribution in [2.45, 2.75) is 104 Å². The van der Waals surface area contributed by atoms with Crippen LogP contribution in [0.5, 0.6) is 0 Å². The predicted octanol–water partition coefficient (Wildman–Crippen LogP) is 7.60. The topological polar surface area (TPSA) is 0 Å². The van der Waals surface area contributed by atoms with Crippen molar-refractivity contribution in [1.29, 1.82) is 0 Å². The van der Waals surface area contributed by atoms with Gasteiger partial charge in [-0.05, 0) is 44.9 Å². The summed E-state index contributed by atoms with van der Waals surface area (Å²) in [6.45, 7) is 4.47. The molecule has 0 nitrogen and oxygen atoms in total. The second kappa shape index (κ2) is 18.5. The molecule has 0 amide bonds. The SMILES string of the molecule is CC/C=C/CCCCCCCCC/C=C/CCCCC. The Labute approximate surface area is 128 Å². The molecule has 0 rings (SSSR count). The summed E-state index contributed by atoms with van der Waals surface area (Å²) >= 11 is 0. The van der Waals surface area contributed by atoms with Crippen molar-refractivity contribution in [2.24, 2.45) is 0 Å². The van der Waals surface area contributed by atoms with Gasteiger partial charge in [-0.2, -0.15) is 0 Å². The minimum Gasteiger partial charge on any atom is -0.0888 e. The summed E-state index contributed by atoms with van der Waals surface area (Å²) in [5, 5.41) is 0. The highest BCUT2D eigenvalue weighted by Crippen LogP contribution is 2.10. The van der Waals surface area contributed by atoms with Crippen LogP contribution in [0.2, 0.25) is 0 Å². The van der Waals surface area contributed by atoms with Gasteiger partial charge in [0.05, 0.1) is 0 Å². The molecular weight excluding hydrogens is 240 g/mol. The third-order valence-corrected chi connectivity index (χ3v) is 3.78. The molecule has 0 saturated carbocycles. The van der Waals surface area contributed by atoms with Crippen LogP contribution in [0.15, 0.2) is 24.3 Å². The highest BCUT2D eigenvalue weighted by atomic mass is 14.0. The third kappa shape index (κ3) is 17.5. The van der Waals surface area contributed by atoms with E-state index >= 15 is 0 Å². The predicted molar refractivity (Wildman–Crippen MR) is 94.3 cm³/mol. The van der Waals surface area contributed by atoms with Crippen LogP contribution in [0, 0.1) is 0 Å². The highest BCUT2D eigenvalue weighted by Gasteiger charge is 1.91. The Kier molecular flexibility index (Phi) is 18.0. The quantitative estimate of drug-likeness (QED) is 0.214. The molecule has 0 spiro atoms. The summed E-state index contributed by atoms with van der Waals surface area (Å²) in [4.78, 5) is 0. The van der Waals surface area contributed by atoms with Crippen LogP contribution in [-0.2, 0) is 0 Å². The zero-order valence-electron chi connectivity index (χ0n) is 14.2. The van der Waals surface area contributed by atoms with Crippen molar-refractivity contribution < 1.29 is 0 Å². The van der Waals surface area contributed by atoms with E-state index in [0.717, 1.165) is 0 Å². The lowest BCUT2D eigenvalue weighted by Gasteiger charge is -2.00. The van der Waals surface area contributed by atoms with Gasteiger partial charge in [0.25, 0.3) is 0 Å². The average Bonchev–Trinajstić information content (AvgIpc) is 2.47. The van der Waals surface area contributed by atoms with Crippen molar-refractivity contribution in [2.75, 3.05) is 0 Å². The molecule has 0 aromatic heterocycles. The molecule has 118 valence electrons. The zero-order chi connectivity index (χ0) is 14.7. The molecule has 0 aliphatic heterocycles. The van der Waals surface area contributed by atoms with Gasteiger partial charge in [-0.25, -0.2) is 0 Å². The van der Waals surface area contributed by atoms with Crippen molar-refractivity contribution >= 4 is 0 Å². The van der Waals surface area contributed by atoms with E-state index in [-0.39, 0.29) is 0 Å². The standard InChI is InChI=1S/C20H38/c1-3-5-7-9-11-13-15-17-19-20-18-16-14-12-10-8-6-4-2/h5,7,12,14H,3-4,6,8-11,13,15-20H2,1-2H3/b7-5+,14-12+. The molecule has 0 aliphatic carbocycles. The highest BCUT2D eigenvalue weighted by molar-refractivity contribution is 4.81. The van der Waals surface area contributed by atoms with E-state index in [0.29, 0.717) is 0 Å². The van der Waals surface area contributed by atoms with Gasteiger partial charge in [0, 0.05) is 0 Å². The summed E-state index contributed by atoms with van der Waals surface area (Å²) in [6.07, 6.45) is 28.5. The molecule has 0 fully saturated rings. The third-order valence-electron chi connectivity index (χ3n) is 3.78. The number of hydrogen-bond acceptors (Lipinski definition) is 0. The van der Waals surface area contributed by atoms with Crippen LogP contribution in [0.3, 0.4) is 0 Å². The van der Waals surface area contributed by atoms with E-state index in [1.165, 1.54) is 89.9 Å². The van der Waals surface area contributed by atoms with E-state index in [1.54, 1.807) is 0 Å². The molecule has 0 saturated heterocycles. The molecule has 0 heteroatoms. The molecule has 0 heterocycles. The number of rotatable bonds is 15. The largest absolute Gasteiger partial charge is 0.0888 e. The van der Waals surface area contributed by atoms with Gasteiger partial charge in [0.2, 0.25) is 0 Å². The van der Waals surface area contributed by atoms with Crippen LogP contribution >= 0.6 is 0 Å². The van der Waals surface area contributed by atoms with Gasteiger partial charge in [0.15, 0.2) is 0 Å². The fraction of sp³-hybridized carbons (Fsp3) is 0.800. The monoisotopic (exact) mass is 278 g/mol. The first-order valence-electron chi connectivity index (χ1n) is 9.21. The van der Waals surface area contributed by atoms with E-state index < -0.39 is 0 Å². The van der Waals surface area contributed by atoms with Crippen molar-refractivity contribution in [1.82, 2.24) is 0 Å². The summed E-state index contributed by atoms with van der Waals surface area (Å²) in [5.41, 5.74) is 0. The lowest BCUT2D eigenvalue weighted by molar-refractivity contribution is 0.583. The van der Waals surface area contributed by atoms with Crippen LogP contribution in [0.1, 0.15) is 104 Å². The van der Waals surface area contributed by atoms with Crippen molar-refractivity contribution in [3.8, 4) is 0 Å². The van der Waals surface area contributed by atoms with Gasteiger partial charge < -0.3 is 0 Å². The van der Waals surface area contributed by atoms with Crippen molar-refractivity contribution in [3.05, 3.63) is 24.3 Å². The van der Waals surface area contributed by atoms with E-state index in [4.69, 9.17) is 0 Å². The first-order valence-corrected chi connectivity index (χ1v) is 9.21. The van der Waals surface area contributed by atoms with Crippen LogP contribution < -0.4 is 0 Å². The van der Waals surface area contributed by atoms with E-state index in [9.17, 15) is 0 Å². The number of allylic oxidation sites excluding steroid dienone is 4. The summed E-state index contributed by atoms with van der Waals surface area (Å²) < 4.78 is 0. The lowest BCUT2D eigenvalue weighted by atomic mass is 10.1. The van der Waals surface area contributed by atoms with Gasteiger partial charge in [0.1, 0.15) is 0 Å². The second-order valence-electron chi connectivity index (χ2n) is 5.90. The molecule has 0 N–H and O–H groups in total. The van der Waals surface area contributed by atoms with Crippen LogP contribution in [0.25, 0.3) is 0 Å².